The van der Waals surface area contributed by atoms with Gasteiger partial charge in [-0.3, -0.25) is 9.67 Å². The molecule has 0 spiro atoms. The number of ether oxygens (including phenoxy) is 1. The number of methoxy groups -OCH3 is 1. The molecule has 0 fully saturated rings. The first kappa shape index (κ1) is 18.1. The van der Waals surface area contributed by atoms with Gasteiger partial charge in [0, 0.05) is 29.8 Å². The highest BCUT2D eigenvalue weighted by molar-refractivity contribution is 5.80. The third-order valence-corrected chi connectivity index (χ3v) is 4.80. The summed E-state index contributed by atoms with van der Waals surface area (Å²) in [6.07, 6.45) is 4.90. The second-order valence-electron chi connectivity index (χ2n) is 6.77. The highest BCUT2D eigenvalue weighted by atomic mass is 19.3. The van der Waals surface area contributed by atoms with E-state index in [2.05, 4.69) is 25.4 Å². The van der Waals surface area contributed by atoms with E-state index in [1.54, 1.807) is 42.3 Å². The average Bonchev–Trinajstić information content (AvgIpc) is 3.38. The molecule has 0 saturated carbocycles. The Hall–Kier alpha value is -3.95. The first-order chi connectivity index (χ1) is 14.5. The van der Waals surface area contributed by atoms with Gasteiger partial charge >= 0.3 is 5.92 Å². The molecule has 0 bridgehead atoms. The number of hydrogen-bond acceptors (Lipinski definition) is 6. The second kappa shape index (κ2) is 6.55. The predicted octanol–water partition coefficient (Wildman–Crippen LogP) is 3.22. The topological polar surface area (TPSA) is 83.0 Å². The molecule has 4 heterocycles. The van der Waals surface area contributed by atoms with Crippen LogP contribution < -0.4 is 4.74 Å². The summed E-state index contributed by atoms with van der Waals surface area (Å²) < 4.78 is 38.8. The molecule has 0 N–H and O–H groups in total. The minimum Gasteiger partial charge on any atom is -0.495 e. The van der Waals surface area contributed by atoms with Crippen molar-refractivity contribution in [2.45, 2.75) is 5.92 Å². The number of aryl methyl sites for hydroxylation is 1. The van der Waals surface area contributed by atoms with E-state index in [0.29, 0.717) is 27.9 Å². The fourth-order valence-electron chi connectivity index (χ4n) is 3.24. The van der Waals surface area contributed by atoms with E-state index in [1.165, 1.54) is 31.5 Å². The van der Waals surface area contributed by atoms with Crippen LogP contribution in [0.1, 0.15) is 11.4 Å². The number of pyridine rings is 1. The number of benzene rings is 1. The Bertz CT molecular complexity index is 1390. The van der Waals surface area contributed by atoms with Gasteiger partial charge < -0.3 is 4.74 Å². The average molecular weight is 407 g/mol. The molecule has 4 aromatic heterocycles. The number of hydrogen-bond donors (Lipinski definition) is 0. The molecule has 0 atom stereocenters. The van der Waals surface area contributed by atoms with Gasteiger partial charge in [-0.15, -0.1) is 10.2 Å². The van der Waals surface area contributed by atoms with E-state index in [0.717, 1.165) is 4.52 Å². The lowest BCUT2D eigenvalue weighted by Gasteiger charge is -2.15. The van der Waals surface area contributed by atoms with Gasteiger partial charge in [-0.25, -0.2) is 0 Å². The molecule has 10 heteroatoms. The van der Waals surface area contributed by atoms with E-state index >= 15 is 8.78 Å². The van der Waals surface area contributed by atoms with Crippen LogP contribution in [0.4, 0.5) is 8.78 Å². The van der Waals surface area contributed by atoms with Crippen molar-refractivity contribution in [1.29, 1.82) is 0 Å². The van der Waals surface area contributed by atoms with Gasteiger partial charge in [0.25, 0.3) is 0 Å². The van der Waals surface area contributed by atoms with Crippen molar-refractivity contribution in [2.75, 3.05) is 7.11 Å². The number of alkyl halides is 2. The molecule has 0 aliphatic rings. The molecule has 150 valence electrons. The lowest BCUT2D eigenvalue weighted by atomic mass is 10.0. The van der Waals surface area contributed by atoms with Gasteiger partial charge in [0.05, 0.1) is 30.7 Å². The first-order valence-corrected chi connectivity index (χ1v) is 9.00. The van der Waals surface area contributed by atoms with Crippen LogP contribution in [0.3, 0.4) is 0 Å². The number of nitrogens with zero attached hydrogens (tertiary/aromatic N) is 7. The molecule has 1 aromatic carbocycles. The zero-order valence-corrected chi connectivity index (χ0v) is 16.0. The second-order valence-corrected chi connectivity index (χ2v) is 6.77. The Balaban J connectivity index is 1.63. The lowest BCUT2D eigenvalue weighted by molar-refractivity contribution is 0.0307. The van der Waals surface area contributed by atoms with E-state index in [9.17, 15) is 0 Å². The number of halogens is 2. The molecule has 0 saturated heterocycles. The van der Waals surface area contributed by atoms with Gasteiger partial charge in [-0.2, -0.15) is 23.5 Å². The third kappa shape index (κ3) is 2.84. The smallest absolute Gasteiger partial charge is 0.333 e. The molecule has 30 heavy (non-hydrogen) atoms. The Labute approximate surface area is 168 Å². The summed E-state index contributed by atoms with van der Waals surface area (Å²) in [6.45, 7) is 0. The Morgan fingerprint density at radius 1 is 1.03 bits per heavy atom. The molecule has 0 amide bonds. The van der Waals surface area contributed by atoms with Gasteiger partial charge in [0.15, 0.2) is 5.65 Å². The highest BCUT2D eigenvalue weighted by Crippen LogP contribution is 2.36. The van der Waals surface area contributed by atoms with Gasteiger partial charge in [-0.05, 0) is 30.3 Å². The maximum atomic E-state index is 15.5. The minimum atomic E-state index is -3.43. The predicted molar refractivity (Wildman–Crippen MR) is 104 cm³/mol. The van der Waals surface area contributed by atoms with Crippen molar-refractivity contribution in [2.24, 2.45) is 7.05 Å². The third-order valence-electron chi connectivity index (χ3n) is 4.80. The first-order valence-electron chi connectivity index (χ1n) is 9.00. The molecule has 5 aromatic rings. The molecule has 0 radical (unpaired) electrons. The summed E-state index contributed by atoms with van der Waals surface area (Å²) >= 11 is 0. The van der Waals surface area contributed by atoms with Crippen molar-refractivity contribution >= 4 is 16.6 Å². The molecule has 5 rings (SSSR count). The number of rotatable bonds is 4. The SMILES string of the molecule is COc1cnc2ccc(C(F)(F)c3nnc4ccc(-c5cnn(C)c5)nn34)cc2c1. The van der Waals surface area contributed by atoms with Crippen molar-refractivity contribution in [3.63, 3.8) is 0 Å². The summed E-state index contributed by atoms with van der Waals surface area (Å²) in [5, 5.41) is 16.5. The lowest BCUT2D eigenvalue weighted by Crippen LogP contribution is -2.20. The quantitative estimate of drug-likeness (QED) is 0.455. The van der Waals surface area contributed by atoms with Crippen molar-refractivity contribution < 1.29 is 13.5 Å². The Kier molecular flexibility index (Phi) is 3.95. The van der Waals surface area contributed by atoms with Crippen LogP contribution in [-0.4, -0.2) is 41.7 Å². The number of aromatic nitrogens is 7. The van der Waals surface area contributed by atoms with Crippen LogP contribution in [0, 0.1) is 0 Å². The molecular formula is C20H15F2N7O. The van der Waals surface area contributed by atoms with Crippen LogP contribution >= 0.6 is 0 Å². The van der Waals surface area contributed by atoms with Crippen molar-refractivity contribution in [1.82, 2.24) is 34.6 Å². The summed E-state index contributed by atoms with van der Waals surface area (Å²) in [5.41, 5.74) is 1.75. The monoisotopic (exact) mass is 407 g/mol. The van der Waals surface area contributed by atoms with Crippen molar-refractivity contribution in [3.8, 4) is 17.0 Å². The largest absolute Gasteiger partial charge is 0.495 e. The van der Waals surface area contributed by atoms with Crippen LogP contribution in [0.15, 0.2) is 55.0 Å². The van der Waals surface area contributed by atoms with Crippen LogP contribution in [0.2, 0.25) is 0 Å². The number of fused-ring (bicyclic) bond motifs is 2. The Morgan fingerprint density at radius 2 is 1.90 bits per heavy atom. The van der Waals surface area contributed by atoms with Crippen LogP contribution in [0.25, 0.3) is 27.8 Å². The Morgan fingerprint density at radius 3 is 2.67 bits per heavy atom. The summed E-state index contributed by atoms with van der Waals surface area (Å²) in [6, 6.07) is 9.18. The molecule has 8 nitrogen and oxygen atoms in total. The maximum absolute atomic E-state index is 15.5. The van der Waals surface area contributed by atoms with Gasteiger partial charge in [0.1, 0.15) is 5.75 Å². The molecule has 0 aliphatic carbocycles. The van der Waals surface area contributed by atoms with Crippen molar-refractivity contribution in [3.05, 3.63) is 66.4 Å². The minimum absolute atomic E-state index is 0.224. The summed E-state index contributed by atoms with van der Waals surface area (Å²) in [7, 11) is 3.26. The normalized spacial score (nSPS) is 12.0. The fourth-order valence-corrected chi connectivity index (χ4v) is 3.24. The van der Waals surface area contributed by atoms with E-state index < -0.39 is 11.7 Å². The standard InChI is InChI=1S/C20H15F2N7O/c1-28-11-13(9-24-28)17-5-6-18-25-26-19(29(18)27-17)20(21,22)14-3-4-16-12(7-14)8-15(30-2)10-23-16/h3-11H,1-2H3. The van der Waals surface area contributed by atoms with E-state index in [4.69, 9.17) is 4.74 Å². The highest BCUT2D eigenvalue weighted by Gasteiger charge is 2.40. The summed E-state index contributed by atoms with van der Waals surface area (Å²) in [5.74, 6) is -3.52. The van der Waals surface area contributed by atoms with Gasteiger partial charge in [0.2, 0.25) is 5.82 Å². The zero-order chi connectivity index (χ0) is 20.9. The van der Waals surface area contributed by atoms with E-state index in [-0.39, 0.29) is 11.2 Å². The van der Waals surface area contributed by atoms with E-state index in [1.807, 2.05) is 0 Å². The molecule has 0 aliphatic heterocycles. The maximum Gasteiger partial charge on any atom is 0.333 e. The zero-order valence-electron chi connectivity index (χ0n) is 16.0. The van der Waals surface area contributed by atoms with Crippen LogP contribution in [-0.2, 0) is 13.0 Å². The fraction of sp³-hybridized carbons (Fsp3) is 0.150. The van der Waals surface area contributed by atoms with Gasteiger partial charge in [-0.1, -0.05) is 6.07 Å². The van der Waals surface area contributed by atoms with Crippen LogP contribution in [0.5, 0.6) is 5.75 Å². The molecule has 0 unspecified atom stereocenters. The summed E-state index contributed by atoms with van der Waals surface area (Å²) in [4.78, 5) is 4.21. The molecular weight excluding hydrogens is 392 g/mol.